The zero-order chi connectivity index (χ0) is 15.9. The van der Waals surface area contributed by atoms with Crippen molar-refractivity contribution in [2.45, 2.75) is 30.6 Å². The number of aromatic nitrogens is 2. The third-order valence-corrected chi connectivity index (χ3v) is 4.94. The normalized spacial score (nSPS) is 31.2. The lowest BCUT2D eigenvalue weighted by Crippen LogP contribution is -2.41. The number of β-amino-alcohol motifs (C(OH)–C–C–N with tert-alkyl or cyclic N) is 1. The van der Waals surface area contributed by atoms with E-state index in [1.807, 2.05) is 6.07 Å². The van der Waals surface area contributed by atoms with Crippen molar-refractivity contribution >= 4 is 0 Å². The van der Waals surface area contributed by atoms with Crippen molar-refractivity contribution in [2.75, 3.05) is 19.7 Å². The Morgan fingerprint density at radius 2 is 2.39 bits per heavy atom. The molecule has 2 fully saturated rings. The summed E-state index contributed by atoms with van der Waals surface area (Å²) < 4.78 is 19.5. The third kappa shape index (κ3) is 2.78. The van der Waals surface area contributed by atoms with E-state index in [0.717, 1.165) is 11.4 Å². The second kappa shape index (κ2) is 5.70. The summed E-state index contributed by atoms with van der Waals surface area (Å²) in [6.07, 6.45) is 3.70. The number of ether oxygens (including phenoxy) is 1. The molecule has 2 N–H and O–H groups in total. The van der Waals surface area contributed by atoms with Crippen LogP contribution in [0.3, 0.4) is 0 Å². The Balaban J connectivity index is 1.47. The molecule has 0 aliphatic carbocycles. The maximum Gasteiger partial charge on any atom is 0.123 e. The molecule has 122 valence electrons. The number of halogens is 1. The molecule has 2 aromatic rings. The maximum absolute atomic E-state index is 13.4. The number of aromatic amines is 1. The average Bonchev–Trinajstić information content (AvgIpc) is 3.23. The Kier molecular flexibility index (Phi) is 3.67. The molecule has 0 saturated carbocycles. The van der Waals surface area contributed by atoms with Gasteiger partial charge in [0.1, 0.15) is 17.2 Å². The summed E-state index contributed by atoms with van der Waals surface area (Å²) in [5, 5.41) is 10.5. The number of aliphatic hydroxyl groups excluding tert-OH is 1. The fraction of sp³-hybridized carbons (Fsp3) is 0.471. The molecule has 1 aromatic heterocycles. The van der Waals surface area contributed by atoms with Crippen LogP contribution in [0.15, 0.2) is 36.7 Å². The van der Waals surface area contributed by atoms with Crippen LogP contribution in [0, 0.1) is 5.82 Å². The first-order valence-corrected chi connectivity index (χ1v) is 7.93. The summed E-state index contributed by atoms with van der Waals surface area (Å²) >= 11 is 0. The second-order valence-corrected chi connectivity index (χ2v) is 6.55. The number of likely N-dealkylation sites (tertiary alicyclic amines) is 1. The molecular formula is C17H20FN3O2. The molecule has 1 aromatic carbocycles. The van der Waals surface area contributed by atoms with Gasteiger partial charge in [-0.25, -0.2) is 9.37 Å². The summed E-state index contributed by atoms with van der Waals surface area (Å²) in [6, 6.07) is 6.67. The molecule has 5 nitrogen and oxygen atoms in total. The van der Waals surface area contributed by atoms with Crippen molar-refractivity contribution in [2.24, 2.45) is 0 Å². The van der Waals surface area contributed by atoms with Crippen LogP contribution in [0.4, 0.5) is 4.39 Å². The number of H-pyrrole nitrogens is 1. The Morgan fingerprint density at radius 1 is 1.48 bits per heavy atom. The van der Waals surface area contributed by atoms with Crippen molar-refractivity contribution in [1.29, 1.82) is 0 Å². The van der Waals surface area contributed by atoms with Gasteiger partial charge in [0.25, 0.3) is 0 Å². The lowest BCUT2D eigenvalue weighted by Gasteiger charge is -2.26. The number of imidazole rings is 1. The summed E-state index contributed by atoms with van der Waals surface area (Å²) in [4.78, 5) is 9.46. The average molecular weight is 317 g/mol. The van der Waals surface area contributed by atoms with Crippen molar-refractivity contribution in [3.05, 3.63) is 53.9 Å². The molecule has 4 rings (SSSR count). The zero-order valence-electron chi connectivity index (χ0n) is 12.8. The number of rotatable bonds is 3. The summed E-state index contributed by atoms with van der Waals surface area (Å²) in [6.45, 7) is 2.42. The van der Waals surface area contributed by atoms with Crippen LogP contribution in [0.1, 0.15) is 23.7 Å². The van der Waals surface area contributed by atoms with Gasteiger partial charge in [0.2, 0.25) is 0 Å². The lowest BCUT2D eigenvalue weighted by molar-refractivity contribution is -0.0594. The summed E-state index contributed by atoms with van der Waals surface area (Å²) in [5.41, 5.74) is 0.391. The molecule has 2 aliphatic rings. The largest absolute Gasteiger partial charge is 0.389 e. The Labute approximate surface area is 134 Å². The molecule has 3 heterocycles. The van der Waals surface area contributed by atoms with Gasteiger partial charge < -0.3 is 14.8 Å². The summed E-state index contributed by atoms with van der Waals surface area (Å²) in [7, 11) is 0. The first-order chi connectivity index (χ1) is 11.1. The molecule has 2 saturated heterocycles. The van der Waals surface area contributed by atoms with Crippen LogP contribution in [0.25, 0.3) is 0 Å². The summed E-state index contributed by atoms with van der Waals surface area (Å²) in [5.74, 6) is 0.785. The second-order valence-electron chi connectivity index (χ2n) is 6.55. The number of nitrogens with one attached hydrogen (secondary N) is 1. The minimum atomic E-state index is -0.552. The van der Waals surface area contributed by atoms with Gasteiger partial charge >= 0.3 is 0 Å². The van der Waals surface area contributed by atoms with Gasteiger partial charge in [-0.3, -0.25) is 4.90 Å². The minimum Gasteiger partial charge on any atom is -0.389 e. The fourth-order valence-electron chi connectivity index (χ4n) is 3.79. The van der Waals surface area contributed by atoms with Crippen molar-refractivity contribution in [3.8, 4) is 0 Å². The van der Waals surface area contributed by atoms with E-state index < -0.39 is 11.7 Å². The van der Waals surface area contributed by atoms with E-state index in [2.05, 4.69) is 14.9 Å². The van der Waals surface area contributed by atoms with Crippen molar-refractivity contribution < 1.29 is 14.2 Å². The van der Waals surface area contributed by atoms with E-state index in [-0.39, 0.29) is 11.7 Å². The SMILES string of the molecule is O[C@@H]1CN(Cc2ncc[nH]2)C[C@]12C[C@H](c1cccc(F)c1)CO2. The zero-order valence-corrected chi connectivity index (χ0v) is 12.8. The first kappa shape index (κ1) is 14.8. The number of hydrogen-bond acceptors (Lipinski definition) is 4. The highest BCUT2D eigenvalue weighted by Crippen LogP contribution is 2.42. The Bertz CT molecular complexity index is 678. The fourth-order valence-corrected chi connectivity index (χ4v) is 3.79. The minimum absolute atomic E-state index is 0.129. The van der Waals surface area contributed by atoms with E-state index in [0.29, 0.717) is 32.7 Å². The van der Waals surface area contributed by atoms with Crippen LogP contribution < -0.4 is 0 Å². The smallest absolute Gasteiger partial charge is 0.123 e. The highest BCUT2D eigenvalue weighted by molar-refractivity contribution is 5.24. The molecular weight excluding hydrogens is 297 g/mol. The molecule has 0 radical (unpaired) electrons. The molecule has 1 spiro atoms. The van der Waals surface area contributed by atoms with Crippen LogP contribution in [0.2, 0.25) is 0 Å². The lowest BCUT2D eigenvalue weighted by atomic mass is 9.87. The molecule has 2 aliphatic heterocycles. The first-order valence-electron chi connectivity index (χ1n) is 7.93. The Hall–Kier alpha value is -1.76. The van der Waals surface area contributed by atoms with E-state index in [1.54, 1.807) is 24.5 Å². The predicted molar refractivity (Wildman–Crippen MR) is 82.3 cm³/mol. The van der Waals surface area contributed by atoms with Crippen LogP contribution >= 0.6 is 0 Å². The van der Waals surface area contributed by atoms with Crippen LogP contribution in [-0.2, 0) is 11.3 Å². The molecule has 6 heteroatoms. The van der Waals surface area contributed by atoms with E-state index in [1.165, 1.54) is 6.07 Å². The van der Waals surface area contributed by atoms with Gasteiger partial charge in [0.15, 0.2) is 0 Å². The van der Waals surface area contributed by atoms with E-state index >= 15 is 0 Å². The standard InChI is InChI=1S/C17H20FN3O2/c18-14-3-1-2-12(6-14)13-7-17(23-10-13)11-21(8-15(17)22)9-16-19-4-5-20-16/h1-6,13,15,22H,7-11H2,(H,19,20)/t13-,15+,17+/m0/s1. The third-order valence-electron chi connectivity index (χ3n) is 4.94. The van der Waals surface area contributed by atoms with Crippen LogP contribution in [0.5, 0.6) is 0 Å². The molecule has 23 heavy (non-hydrogen) atoms. The van der Waals surface area contributed by atoms with E-state index in [9.17, 15) is 9.50 Å². The van der Waals surface area contributed by atoms with Gasteiger partial charge in [0.05, 0.1) is 19.3 Å². The highest BCUT2D eigenvalue weighted by atomic mass is 19.1. The molecule has 0 amide bonds. The number of nitrogens with zero attached hydrogens (tertiary/aromatic N) is 2. The van der Waals surface area contributed by atoms with E-state index in [4.69, 9.17) is 4.74 Å². The molecule has 0 unspecified atom stereocenters. The molecule has 3 atom stereocenters. The maximum atomic E-state index is 13.4. The number of hydrogen-bond donors (Lipinski definition) is 2. The van der Waals surface area contributed by atoms with Crippen molar-refractivity contribution in [1.82, 2.24) is 14.9 Å². The topological polar surface area (TPSA) is 61.4 Å². The predicted octanol–water partition coefficient (Wildman–Crippen LogP) is 1.67. The monoisotopic (exact) mass is 317 g/mol. The van der Waals surface area contributed by atoms with Gasteiger partial charge in [-0.05, 0) is 24.1 Å². The van der Waals surface area contributed by atoms with Gasteiger partial charge in [-0.1, -0.05) is 12.1 Å². The quantitative estimate of drug-likeness (QED) is 0.904. The van der Waals surface area contributed by atoms with Crippen LogP contribution in [-0.4, -0.2) is 51.4 Å². The van der Waals surface area contributed by atoms with Gasteiger partial charge in [-0.2, -0.15) is 0 Å². The Morgan fingerprint density at radius 3 is 3.17 bits per heavy atom. The van der Waals surface area contributed by atoms with Gasteiger partial charge in [0, 0.05) is 31.4 Å². The van der Waals surface area contributed by atoms with Gasteiger partial charge in [-0.15, -0.1) is 0 Å². The highest BCUT2D eigenvalue weighted by Gasteiger charge is 2.52. The number of benzene rings is 1. The number of aliphatic hydroxyl groups is 1. The molecule has 0 bridgehead atoms. The van der Waals surface area contributed by atoms with Crippen molar-refractivity contribution in [3.63, 3.8) is 0 Å².